The van der Waals surface area contributed by atoms with Crippen molar-refractivity contribution in [2.24, 2.45) is 5.92 Å². The van der Waals surface area contributed by atoms with Crippen molar-refractivity contribution in [3.63, 3.8) is 0 Å². The van der Waals surface area contributed by atoms with Gasteiger partial charge in [-0.05, 0) is 46.8 Å². The van der Waals surface area contributed by atoms with Gasteiger partial charge in [0.1, 0.15) is 0 Å². The summed E-state index contributed by atoms with van der Waals surface area (Å²) in [6.45, 7) is 0.380. The molecule has 0 heterocycles. The van der Waals surface area contributed by atoms with Crippen LogP contribution in [0.2, 0.25) is 5.02 Å². The van der Waals surface area contributed by atoms with Gasteiger partial charge in [-0.3, -0.25) is 0 Å². The number of halogens is 2. The second kappa shape index (κ2) is 5.40. The molecule has 0 unspecified atom stereocenters. The van der Waals surface area contributed by atoms with Gasteiger partial charge in [-0.1, -0.05) is 11.6 Å². The minimum Gasteiger partial charge on any atom is -0.478 e. The van der Waals surface area contributed by atoms with E-state index >= 15 is 0 Å². The van der Waals surface area contributed by atoms with Crippen molar-refractivity contribution in [1.29, 1.82) is 0 Å². The first-order valence-electron chi connectivity index (χ1n) is 5.53. The fourth-order valence-electron chi connectivity index (χ4n) is 1.51. The Labute approximate surface area is 124 Å². The van der Waals surface area contributed by atoms with E-state index in [9.17, 15) is 13.2 Å². The summed E-state index contributed by atoms with van der Waals surface area (Å²) in [6.07, 6.45) is 2.04. The Morgan fingerprint density at radius 2 is 2.11 bits per heavy atom. The second-order valence-electron chi connectivity index (χ2n) is 4.37. The number of hydrogen-bond donors (Lipinski definition) is 2. The highest BCUT2D eigenvalue weighted by atomic mass is 79.9. The maximum absolute atomic E-state index is 12.0. The molecule has 0 saturated heterocycles. The van der Waals surface area contributed by atoms with Crippen LogP contribution in [0.25, 0.3) is 0 Å². The molecule has 5 nitrogen and oxygen atoms in total. The Balaban J connectivity index is 2.35. The van der Waals surface area contributed by atoms with Gasteiger partial charge >= 0.3 is 5.97 Å². The van der Waals surface area contributed by atoms with Crippen LogP contribution in [0.1, 0.15) is 23.2 Å². The molecule has 0 radical (unpaired) electrons. The fraction of sp³-hybridized carbons (Fsp3) is 0.364. The smallest absolute Gasteiger partial charge is 0.337 e. The predicted molar refractivity (Wildman–Crippen MR) is 74.0 cm³/mol. The molecule has 1 saturated carbocycles. The van der Waals surface area contributed by atoms with Gasteiger partial charge in [-0.15, -0.1) is 0 Å². The summed E-state index contributed by atoms with van der Waals surface area (Å²) in [6, 6.07) is 2.36. The summed E-state index contributed by atoms with van der Waals surface area (Å²) in [4.78, 5) is 10.9. The van der Waals surface area contributed by atoms with Crippen LogP contribution in [0, 0.1) is 5.92 Å². The van der Waals surface area contributed by atoms with Gasteiger partial charge in [0.15, 0.2) is 0 Å². The lowest BCUT2D eigenvalue weighted by Crippen LogP contribution is -2.26. The van der Waals surface area contributed by atoms with E-state index in [0.29, 0.717) is 12.5 Å². The highest BCUT2D eigenvalue weighted by molar-refractivity contribution is 9.10. The lowest BCUT2D eigenvalue weighted by atomic mass is 10.2. The average Bonchev–Trinajstić information content (AvgIpc) is 3.13. The third kappa shape index (κ3) is 3.47. The molecule has 0 bridgehead atoms. The lowest BCUT2D eigenvalue weighted by Gasteiger charge is -2.09. The van der Waals surface area contributed by atoms with Crippen molar-refractivity contribution >= 4 is 43.5 Å². The number of aromatic carboxylic acids is 1. The summed E-state index contributed by atoms with van der Waals surface area (Å²) in [5.74, 6) is -0.880. The van der Waals surface area contributed by atoms with Crippen LogP contribution in [0.15, 0.2) is 21.5 Å². The van der Waals surface area contributed by atoms with Crippen LogP contribution in [-0.2, 0) is 10.0 Å². The highest BCUT2D eigenvalue weighted by Crippen LogP contribution is 2.31. The zero-order valence-corrected chi connectivity index (χ0v) is 12.8. The number of nitrogens with one attached hydrogen (secondary N) is 1. The van der Waals surface area contributed by atoms with Gasteiger partial charge in [0.05, 0.1) is 15.5 Å². The molecule has 1 aromatic rings. The first kappa shape index (κ1) is 14.8. The third-order valence-electron chi connectivity index (χ3n) is 2.80. The summed E-state index contributed by atoms with van der Waals surface area (Å²) in [5, 5.41) is 8.97. The van der Waals surface area contributed by atoms with Crippen molar-refractivity contribution in [2.75, 3.05) is 6.54 Å². The molecule has 19 heavy (non-hydrogen) atoms. The van der Waals surface area contributed by atoms with E-state index < -0.39 is 16.0 Å². The molecular weight excluding hydrogens is 358 g/mol. The van der Waals surface area contributed by atoms with Gasteiger partial charge in [0, 0.05) is 11.0 Å². The normalized spacial score (nSPS) is 15.5. The maximum Gasteiger partial charge on any atom is 0.337 e. The molecule has 0 atom stereocenters. The summed E-state index contributed by atoms with van der Waals surface area (Å²) >= 11 is 8.87. The topological polar surface area (TPSA) is 83.5 Å². The van der Waals surface area contributed by atoms with Gasteiger partial charge in [-0.25, -0.2) is 17.9 Å². The molecule has 0 aliphatic heterocycles. The SMILES string of the molecule is O=C(O)c1cc(S(=O)(=O)NCC2CC2)cc(Br)c1Cl. The molecular formula is C11H11BrClNO4S. The molecule has 104 valence electrons. The summed E-state index contributed by atoms with van der Waals surface area (Å²) in [5.41, 5.74) is -0.247. The molecule has 2 rings (SSSR count). The molecule has 0 aromatic heterocycles. The number of rotatable bonds is 5. The van der Waals surface area contributed by atoms with Crippen LogP contribution in [0.3, 0.4) is 0 Å². The van der Waals surface area contributed by atoms with Crippen molar-refractivity contribution < 1.29 is 18.3 Å². The number of carbonyl (C=O) groups is 1. The van der Waals surface area contributed by atoms with E-state index in [4.69, 9.17) is 16.7 Å². The Morgan fingerprint density at radius 1 is 1.47 bits per heavy atom. The summed E-state index contributed by atoms with van der Waals surface area (Å²) in [7, 11) is -3.71. The standard InChI is InChI=1S/C11H11BrClNO4S/c12-9-4-7(3-8(10(9)13)11(15)16)19(17,18)14-5-6-1-2-6/h3-4,6,14H,1-2,5H2,(H,15,16). The Morgan fingerprint density at radius 3 is 2.63 bits per heavy atom. The molecule has 0 spiro atoms. The minimum atomic E-state index is -3.71. The van der Waals surface area contributed by atoms with Crippen LogP contribution >= 0.6 is 27.5 Å². The molecule has 8 heteroatoms. The Kier molecular flexibility index (Phi) is 4.20. The van der Waals surface area contributed by atoms with Crippen LogP contribution < -0.4 is 4.72 Å². The fourth-order valence-corrected chi connectivity index (χ4v) is 3.48. The van der Waals surface area contributed by atoms with Crippen LogP contribution in [0.5, 0.6) is 0 Å². The predicted octanol–water partition coefficient (Wildman–Crippen LogP) is 2.49. The van der Waals surface area contributed by atoms with E-state index in [-0.39, 0.29) is 20.0 Å². The van der Waals surface area contributed by atoms with E-state index in [1.165, 1.54) is 6.07 Å². The molecule has 1 fully saturated rings. The van der Waals surface area contributed by atoms with Crippen LogP contribution in [0.4, 0.5) is 0 Å². The molecule has 1 aliphatic carbocycles. The van der Waals surface area contributed by atoms with E-state index in [1.54, 1.807) is 0 Å². The number of sulfonamides is 1. The van der Waals surface area contributed by atoms with Crippen molar-refractivity contribution in [2.45, 2.75) is 17.7 Å². The molecule has 2 N–H and O–H groups in total. The van der Waals surface area contributed by atoms with Crippen molar-refractivity contribution in [3.05, 3.63) is 27.2 Å². The second-order valence-corrected chi connectivity index (χ2v) is 7.37. The number of hydrogen-bond acceptors (Lipinski definition) is 3. The number of carboxylic acid groups (broad SMARTS) is 1. The molecule has 1 aromatic carbocycles. The largest absolute Gasteiger partial charge is 0.478 e. The van der Waals surface area contributed by atoms with Gasteiger partial charge in [0.2, 0.25) is 10.0 Å². The number of carboxylic acids is 1. The van der Waals surface area contributed by atoms with Gasteiger partial charge in [-0.2, -0.15) is 0 Å². The van der Waals surface area contributed by atoms with Crippen molar-refractivity contribution in [1.82, 2.24) is 4.72 Å². The first-order chi connectivity index (χ1) is 8.81. The van der Waals surface area contributed by atoms with E-state index in [0.717, 1.165) is 18.9 Å². The van der Waals surface area contributed by atoms with E-state index in [2.05, 4.69) is 20.7 Å². The van der Waals surface area contributed by atoms with Gasteiger partial charge < -0.3 is 5.11 Å². The number of benzene rings is 1. The lowest BCUT2D eigenvalue weighted by molar-refractivity contribution is 0.0696. The van der Waals surface area contributed by atoms with Gasteiger partial charge in [0.25, 0.3) is 0 Å². The van der Waals surface area contributed by atoms with Crippen molar-refractivity contribution in [3.8, 4) is 0 Å². The van der Waals surface area contributed by atoms with Crippen LogP contribution in [-0.4, -0.2) is 26.0 Å². The zero-order chi connectivity index (χ0) is 14.2. The minimum absolute atomic E-state index is 0.0198. The third-order valence-corrected chi connectivity index (χ3v) is 5.47. The first-order valence-corrected chi connectivity index (χ1v) is 8.18. The monoisotopic (exact) mass is 367 g/mol. The highest BCUT2D eigenvalue weighted by Gasteiger charge is 2.25. The molecule has 1 aliphatic rings. The molecule has 0 amide bonds. The maximum atomic E-state index is 12.0. The summed E-state index contributed by atoms with van der Waals surface area (Å²) < 4.78 is 26.8. The Bertz CT molecular complexity index is 628. The zero-order valence-electron chi connectivity index (χ0n) is 9.69. The average molecular weight is 369 g/mol. The Hall–Kier alpha value is -0.630. The quantitative estimate of drug-likeness (QED) is 0.836. The van der Waals surface area contributed by atoms with E-state index in [1.807, 2.05) is 0 Å².